The summed E-state index contributed by atoms with van der Waals surface area (Å²) in [6, 6.07) is 5.42. The molecular weight excluding hydrogens is 387 g/mol. The Morgan fingerprint density at radius 3 is 2.62 bits per heavy atom. The zero-order valence-corrected chi connectivity index (χ0v) is 16.7. The second kappa shape index (κ2) is 11.0. The Labute approximate surface area is 168 Å². The summed E-state index contributed by atoms with van der Waals surface area (Å²) in [4.78, 5) is 18.0. The number of carbonyl (C=O) groups is 1. The second-order valence-corrected chi connectivity index (χ2v) is 6.83. The molecule has 1 aliphatic rings. The van der Waals surface area contributed by atoms with Gasteiger partial charge in [0.05, 0.1) is 18.7 Å². The van der Waals surface area contributed by atoms with E-state index in [9.17, 15) is 18.0 Å². The van der Waals surface area contributed by atoms with Gasteiger partial charge in [-0.05, 0) is 24.1 Å². The third kappa shape index (κ3) is 7.90. The molecule has 0 saturated carbocycles. The summed E-state index contributed by atoms with van der Waals surface area (Å²) in [5, 5.41) is 8.96. The van der Waals surface area contributed by atoms with Gasteiger partial charge in [-0.15, -0.1) is 0 Å². The Morgan fingerprint density at radius 1 is 1.28 bits per heavy atom. The number of hydrogen-bond donors (Lipinski definition) is 3. The first-order valence-electron chi connectivity index (χ1n) is 9.43. The number of halogens is 3. The normalized spacial score (nSPS) is 18.0. The lowest BCUT2D eigenvalue weighted by atomic mass is 10.1. The fourth-order valence-corrected chi connectivity index (χ4v) is 3.06. The van der Waals surface area contributed by atoms with Gasteiger partial charge in [-0.25, -0.2) is 0 Å². The lowest BCUT2D eigenvalue weighted by molar-refractivity contribution is -0.137. The molecule has 1 aromatic rings. The first-order chi connectivity index (χ1) is 13.8. The molecule has 0 aliphatic carbocycles. The quantitative estimate of drug-likeness (QED) is 0.338. The lowest BCUT2D eigenvalue weighted by Crippen LogP contribution is -2.47. The molecule has 0 aromatic heterocycles. The van der Waals surface area contributed by atoms with Crippen LogP contribution in [0.2, 0.25) is 0 Å². The average molecular weight is 415 g/mol. The number of benzene rings is 1. The summed E-state index contributed by atoms with van der Waals surface area (Å²) < 4.78 is 42.8. The molecule has 1 heterocycles. The Kier molecular flexibility index (Phi) is 8.71. The molecule has 0 radical (unpaired) electrons. The molecular formula is C19H28F3N5O2. The third-order valence-corrected chi connectivity index (χ3v) is 4.57. The van der Waals surface area contributed by atoms with E-state index in [0.717, 1.165) is 37.2 Å². The van der Waals surface area contributed by atoms with Crippen LogP contribution in [-0.4, -0.2) is 69.8 Å². The highest BCUT2D eigenvalue weighted by Crippen LogP contribution is 2.29. The zero-order valence-electron chi connectivity index (χ0n) is 16.7. The highest BCUT2D eigenvalue weighted by molar-refractivity contribution is 5.86. The van der Waals surface area contributed by atoms with Crippen molar-refractivity contribution >= 4 is 11.9 Å². The standard InChI is InChI=1S/C19H28F3N5O2/c1-23-18(25-11-17(28)24-8-10-29-2)26-16-7-9-27(13-16)12-14-3-5-15(6-4-14)19(20,21)22/h3-6,16H,7-13H2,1-2H3,(H,24,28)(H2,23,25,26). The molecule has 1 saturated heterocycles. The Bertz CT molecular complexity index is 679. The number of rotatable bonds is 8. The van der Waals surface area contributed by atoms with E-state index >= 15 is 0 Å². The number of guanidine groups is 1. The summed E-state index contributed by atoms with van der Waals surface area (Å²) in [6.45, 7) is 3.16. The van der Waals surface area contributed by atoms with Crippen molar-refractivity contribution < 1.29 is 22.7 Å². The van der Waals surface area contributed by atoms with Crippen molar-refractivity contribution in [2.75, 3.05) is 46.9 Å². The van der Waals surface area contributed by atoms with Crippen molar-refractivity contribution in [3.8, 4) is 0 Å². The van der Waals surface area contributed by atoms with Crippen LogP contribution >= 0.6 is 0 Å². The van der Waals surface area contributed by atoms with E-state index in [1.54, 1.807) is 14.2 Å². The van der Waals surface area contributed by atoms with Gasteiger partial charge in [-0.2, -0.15) is 13.2 Å². The number of amides is 1. The Hall–Kier alpha value is -2.33. The molecule has 1 atom stereocenters. The van der Waals surface area contributed by atoms with Crippen LogP contribution in [0.25, 0.3) is 0 Å². The van der Waals surface area contributed by atoms with Crippen molar-refractivity contribution in [3.05, 3.63) is 35.4 Å². The van der Waals surface area contributed by atoms with Gasteiger partial charge in [-0.1, -0.05) is 12.1 Å². The van der Waals surface area contributed by atoms with Crippen molar-refractivity contribution in [1.82, 2.24) is 20.9 Å². The van der Waals surface area contributed by atoms with Gasteiger partial charge in [0.15, 0.2) is 5.96 Å². The van der Waals surface area contributed by atoms with Gasteiger partial charge in [0, 0.05) is 46.4 Å². The predicted octanol–water partition coefficient (Wildman–Crippen LogP) is 1.21. The fraction of sp³-hybridized carbons (Fsp3) is 0.579. The van der Waals surface area contributed by atoms with Crippen LogP contribution < -0.4 is 16.0 Å². The van der Waals surface area contributed by atoms with Gasteiger partial charge in [0.1, 0.15) is 0 Å². The fourth-order valence-electron chi connectivity index (χ4n) is 3.06. The van der Waals surface area contributed by atoms with Crippen molar-refractivity contribution in [1.29, 1.82) is 0 Å². The molecule has 1 unspecified atom stereocenters. The number of nitrogens with zero attached hydrogens (tertiary/aromatic N) is 2. The molecule has 29 heavy (non-hydrogen) atoms. The SMILES string of the molecule is CN=C(NCC(=O)NCCOC)NC1CCN(Cc2ccc(C(F)(F)F)cc2)C1. The second-order valence-electron chi connectivity index (χ2n) is 6.83. The molecule has 2 rings (SSSR count). The average Bonchev–Trinajstić information content (AvgIpc) is 3.12. The van der Waals surface area contributed by atoms with Crippen molar-refractivity contribution in [3.63, 3.8) is 0 Å². The minimum Gasteiger partial charge on any atom is -0.383 e. The molecule has 10 heteroatoms. The maximum absolute atomic E-state index is 12.7. The largest absolute Gasteiger partial charge is 0.416 e. The topological polar surface area (TPSA) is 78.0 Å². The number of methoxy groups -OCH3 is 1. The molecule has 1 aliphatic heterocycles. The van der Waals surface area contributed by atoms with E-state index in [1.165, 1.54) is 12.1 Å². The highest BCUT2D eigenvalue weighted by Gasteiger charge is 2.30. The molecule has 162 valence electrons. The number of ether oxygens (including phenoxy) is 1. The van der Waals surface area contributed by atoms with Gasteiger partial charge in [0.25, 0.3) is 0 Å². The molecule has 3 N–H and O–H groups in total. The van der Waals surface area contributed by atoms with Gasteiger partial charge < -0.3 is 20.7 Å². The summed E-state index contributed by atoms with van der Waals surface area (Å²) in [7, 11) is 3.20. The summed E-state index contributed by atoms with van der Waals surface area (Å²) in [5.41, 5.74) is 0.206. The van der Waals surface area contributed by atoms with E-state index in [0.29, 0.717) is 25.7 Å². The maximum atomic E-state index is 12.7. The van der Waals surface area contributed by atoms with Crippen LogP contribution in [-0.2, 0) is 22.3 Å². The van der Waals surface area contributed by atoms with Gasteiger partial charge >= 0.3 is 6.18 Å². The summed E-state index contributed by atoms with van der Waals surface area (Å²) in [5.74, 6) is 0.383. The molecule has 1 amide bonds. The Balaban J connectivity index is 1.74. The smallest absolute Gasteiger partial charge is 0.383 e. The van der Waals surface area contributed by atoms with Crippen LogP contribution in [0.3, 0.4) is 0 Å². The van der Waals surface area contributed by atoms with E-state index in [-0.39, 0.29) is 18.5 Å². The highest BCUT2D eigenvalue weighted by atomic mass is 19.4. The number of hydrogen-bond acceptors (Lipinski definition) is 4. The first-order valence-corrected chi connectivity index (χ1v) is 9.43. The van der Waals surface area contributed by atoms with Crippen LogP contribution in [0.5, 0.6) is 0 Å². The van der Waals surface area contributed by atoms with Crippen LogP contribution in [0.1, 0.15) is 17.5 Å². The summed E-state index contributed by atoms with van der Waals surface area (Å²) >= 11 is 0. The molecule has 1 fully saturated rings. The molecule has 1 aromatic carbocycles. The predicted molar refractivity (Wildman–Crippen MR) is 105 cm³/mol. The third-order valence-electron chi connectivity index (χ3n) is 4.57. The van der Waals surface area contributed by atoms with E-state index in [4.69, 9.17) is 4.74 Å². The first kappa shape index (κ1) is 23.0. The van der Waals surface area contributed by atoms with Crippen LogP contribution in [0, 0.1) is 0 Å². The Morgan fingerprint density at radius 2 is 2.00 bits per heavy atom. The maximum Gasteiger partial charge on any atom is 0.416 e. The minimum atomic E-state index is -4.31. The van der Waals surface area contributed by atoms with Crippen molar-refractivity contribution in [2.45, 2.75) is 25.2 Å². The zero-order chi connectivity index (χ0) is 21.3. The summed E-state index contributed by atoms with van der Waals surface area (Å²) in [6.07, 6.45) is -3.44. The molecule has 7 nitrogen and oxygen atoms in total. The van der Waals surface area contributed by atoms with Gasteiger partial charge in [0.2, 0.25) is 5.91 Å². The van der Waals surface area contributed by atoms with E-state index in [2.05, 4.69) is 25.8 Å². The van der Waals surface area contributed by atoms with Crippen LogP contribution in [0.4, 0.5) is 13.2 Å². The van der Waals surface area contributed by atoms with E-state index in [1.807, 2.05) is 0 Å². The number of nitrogens with one attached hydrogen (secondary N) is 3. The van der Waals surface area contributed by atoms with Crippen molar-refractivity contribution in [2.24, 2.45) is 4.99 Å². The number of aliphatic imine (C=N–C) groups is 1. The molecule has 0 spiro atoms. The minimum absolute atomic E-state index is 0.103. The van der Waals surface area contributed by atoms with Gasteiger partial charge in [-0.3, -0.25) is 14.7 Å². The lowest BCUT2D eigenvalue weighted by Gasteiger charge is -2.19. The van der Waals surface area contributed by atoms with E-state index < -0.39 is 11.7 Å². The molecule has 0 bridgehead atoms. The number of carbonyl (C=O) groups excluding carboxylic acids is 1. The van der Waals surface area contributed by atoms with Crippen LogP contribution in [0.15, 0.2) is 29.3 Å². The monoisotopic (exact) mass is 415 g/mol. The number of likely N-dealkylation sites (tertiary alicyclic amines) is 1. The number of alkyl halides is 3.